The largest absolute Gasteiger partial charge is 0.454 e. The summed E-state index contributed by atoms with van der Waals surface area (Å²) in [7, 11) is 0. The first-order chi connectivity index (χ1) is 18.5. The highest BCUT2D eigenvalue weighted by molar-refractivity contribution is 6.31. The monoisotopic (exact) mass is 535 g/mol. The van der Waals surface area contributed by atoms with E-state index in [1.807, 2.05) is 48.4 Å². The number of benzene rings is 2. The van der Waals surface area contributed by atoms with E-state index >= 15 is 0 Å². The minimum Gasteiger partial charge on any atom is -0.454 e. The van der Waals surface area contributed by atoms with Gasteiger partial charge in [0.15, 0.2) is 11.5 Å². The summed E-state index contributed by atoms with van der Waals surface area (Å²) in [4.78, 5) is 30.8. The number of halogens is 1. The maximum Gasteiger partial charge on any atom is 0.254 e. The summed E-state index contributed by atoms with van der Waals surface area (Å²) in [6.07, 6.45) is 7.43. The van der Waals surface area contributed by atoms with E-state index in [0.717, 1.165) is 42.0 Å². The fourth-order valence-electron chi connectivity index (χ4n) is 5.34. The highest BCUT2D eigenvalue weighted by Crippen LogP contribution is 2.33. The van der Waals surface area contributed by atoms with Crippen molar-refractivity contribution in [3.05, 3.63) is 82.6 Å². The predicted octanol–water partition coefficient (Wildman–Crippen LogP) is 5.74. The van der Waals surface area contributed by atoms with Crippen LogP contribution in [0, 0.1) is 0 Å². The number of hydrogen-bond acceptors (Lipinski definition) is 4. The molecular formula is C30H34ClN3O4. The molecule has 8 heteroatoms. The van der Waals surface area contributed by atoms with Gasteiger partial charge in [-0.2, -0.15) is 0 Å². The van der Waals surface area contributed by atoms with Crippen LogP contribution in [0.25, 0.3) is 0 Å². The molecule has 0 spiro atoms. The summed E-state index contributed by atoms with van der Waals surface area (Å²) in [5.41, 5.74) is 2.57. The van der Waals surface area contributed by atoms with E-state index in [9.17, 15) is 9.59 Å². The van der Waals surface area contributed by atoms with Crippen molar-refractivity contribution in [2.75, 3.05) is 19.9 Å². The molecule has 200 valence electrons. The Hall–Kier alpha value is -3.45. The zero-order valence-corrected chi connectivity index (χ0v) is 22.5. The van der Waals surface area contributed by atoms with Crippen molar-refractivity contribution in [1.82, 2.24) is 14.4 Å². The predicted molar refractivity (Wildman–Crippen MR) is 147 cm³/mol. The maximum atomic E-state index is 13.8. The van der Waals surface area contributed by atoms with Crippen LogP contribution in [0.1, 0.15) is 60.6 Å². The van der Waals surface area contributed by atoms with Crippen LogP contribution in [0.2, 0.25) is 5.02 Å². The number of rotatable bonds is 9. The van der Waals surface area contributed by atoms with E-state index in [0.29, 0.717) is 36.7 Å². The van der Waals surface area contributed by atoms with Crippen molar-refractivity contribution in [1.29, 1.82) is 0 Å². The molecule has 2 amide bonds. The standard InChI is InChI=1S/C30H34ClN3O4/c1-2-32(30(36)22-14-15-27-28(17-22)38-21-37-27)20-29(35)34(24-10-4-3-5-11-24)19-25-12-8-16-33(25)18-23-9-6-7-13-26(23)31/h6-9,12-17,24H,2-5,10-11,18-21H2,1H3. The lowest BCUT2D eigenvalue weighted by atomic mass is 9.94. The molecule has 3 aromatic rings. The van der Waals surface area contributed by atoms with Crippen LogP contribution < -0.4 is 9.47 Å². The van der Waals surface area contributed by atoms with Crippen molar-refractivity contribution in [3.63, 3.8) is 0 Å². The van der Waals surface area contributed by atoms with E-state index in [4.69, 9.17) is 21.1 Å². The Morgan fingerprint density at radius 2 is 1.79 bits per heavy atom. The summed E-state index contributed by atoms with van der Waals surface area (Å²) < 4.78 is 13.0. The van der Waals surface area contributed by atoms with Crippen molar-refractivity contribution in [3.8, 4) is 11.5 Å². The molecule has 2 heterocycles. The van der Waals surface area contributed by atoms with Crippen LogP contribution in [0.4, 0.5) is 0 Å². The Morgan fingerprint density at radius 1 is 1.00 bits per heavy atom. The van der Waals surface area contributed by atoms with E-state index < -0.39 is 0 Å². The number of carbonyl (C=O) groups excluding carboxylic acids is 2. The van der Waals surface area contributed by atoms with Crippen molar-refractivity contribution in [2.45, 2.75) is 58.2 Å². The number of amides is 2. The van der Waals surface area contributed by atoms with Crippen LogP contribution in [0.5, 0.6) is 11.5 Å². The first kappa shape index (κ1) is 26.2. The van der Waals surface area contributed by atoms with Crippen molar-refractivity contribution >= 4 is 23.4 Å². The smallest absolute Gasteiger partial charge is 0.254 e. The molecule has 0 bridgehead atoms. The molecule has 1 fully saturated rings. The van der Waals surface area contributed by atoms with Gasteiger partial charge < -0.3 is 23.8 Å². The van der Waals surface area contributed by atoms with Gasteiger partial charge in [-0.15, -0.1) is 0 Å². The van der Waals surface area contributed by atoms with Gasteiger partial charge >= 0.3 is 0 Å². The van der Waals surface area contributed by atoms with Crippen molar-refractivity contribution in [2.24, 2.45) is 0 Å². The molecule has 2 aromatic carbocycles. The van der Waals surface area contributed by atoms with Crippen LogP contribution in [-0.2, 0) is 17.9 Å². The number of fused-ring (bicyclic) bond motifs is 1. The number of ether oxygens (including phenoxy) is 2. The molecule has 0 saturated heterocycles. The Morgan fingerprint density at radius 3 is 2.58 bits per heavy atom. The van der Waals surface area contributed by atoms with Gasteiger partial charge in [0.1, 0.15) is 6.54 Å². The van der Waals surface area contributed by atoms with Gasteiger partial charge in [0.05, 0.1) is 6.54 Å². The second-order valence-electron chi connectivity index (χ2n) is 9.92. The van der Waals surface area contributed by atoms with Gasteiger partial charge in [-0.3, -0.25) is 9.59 Å². The molecular weight excluding hydrogens is 502 g/mol. The summed E-state index contributed by atoms with van der Waals surface area (Å²) in [6.45, 7) is 3.65. The van der Waals surface area contributed by atoms with Crippen LogP contribution in [0.3, 0.4) is 0 Å². The molecule has 2 aliphatic rings. The van der Waals surface area contributed by atoms with E-state index in [1.54, 1.807) is 23.1 Å². The lowest BCUT2D eigenvalue weighted by molar-refractivity contribution is -0.135. The number of nitrogens with zero attached hydrogens (tertiary/aromatic N) is 3. The van der Waals surface area contributed by atoms with Gasteiger partial charge in [-0.25, -0.2) is 0 Å². The number of aromatic nitrogens is 1. The molecule has 0 N–H and O–H groups in total. The van der Waals surface area contributed by atoms with Crippen LogP contribution in [0.15, 0.2) is 60.8 Å². The molecule has 1 aliphatic heterocycles. The molecule has 0 radical (unpaired) electrons. The SMILES string of the molecule is CCN(CC(=O)N(Cc1cccn1Cc1ccccc1Cl)C1CCCCC1)C(=O)c1ccc2c(c1)OCO2. The Balaban J connectivity index is 1.34. The van der Waals surface area contributed by atoms with Gasteiger partial charge in [0.2, 0.25) is 12.7 Å². The summed E-state index contributed by atoms with van der Waals surface area (Å²) in [5.74, 6) is 0.966. The third kappa shape index (κ3) is 5.83. The second kappa shape index (κ2) is 11.9. The third-order valence-corrected chi connectivity index (χ3v) is 7.87. The third-order valence-electron chi connectivity index (χ3n) is 7.50. The molecule has 1 aromatic heterocycles. The van der Waals surface area contributed by atoms with Gasteiger partial charge in [-0.1, -0.05) is 49.1 Å². The summed E-state index contributed by atoms with van der Waals surface area (Å²) in [5, 5.41) is 0.730. The molecule has 7 nitrogen and oxygen atoms in total. The quantitative estimate of drug-likeness (QED) is 0.350. The summed E-state index contributed by atoms with van der Waals surface area (Å²) >= 11 is 6.43. The maximum absolute atomic E-state index is 13.8. The molecule has 1 saturated carbocycles. The van der Waals surface area contributed by atoms with Crippen LogP contribution in [-0.4, -0.2) is 52.1 Å². The topological polar surface area (TPSA) is 64.0 Å². The zero-order chi connectivity index (χ0) is 26.5. The molecule has 0 atom stereocenters. The lowest BCUT2D eigenvalue weighted by Crippen LogP contribution is -2.47. The molecule has 0 unspecified atom stereocenters. The molecule has 5 rings (SSSR count). The fourth-order valence-corrected chi connectivity index (χ4v) is 5.53. The normalized spacial score (nSPS) is 14.9. The highest BCUT2D eigenvalue weighted by Gasteiger charge is 2.29. The van der Waals surface area contributed by atoms with Gasteiger partial charge in [-0.05, 0) is 61.7 Å². The Labute approximate surface area is 228 Å². The van der Waals surface area contributed by atoms with Crippen LogP contribution >= 0.6 is 11.6 Å². The number of carbonyl (C=O) groups is 2. The second-order valence-corrected chi connectivity index (χ2v) is 10.3. The average molecular weight is 536 g/mol. The van der Waals surface area contributed by atoms with E-state index in [-0.39, 0.29) is 31.2 Å². The first-order valence-electron chi connectivity index (χ1n) is 13.4. The van der Waals surface area contributed by atoms with E-state index in [2.05, 4.69) is 10.6 Å². The minimum atomic E-state index is -0.190. The lowest BCUT2D eigenvalue weighted by Gasteiger charge is -2.36. The van der Waals surface area contributed by atoms with Gasteiger partial charge in [0, 0.05) is 41.6 Å². The fraction of sp³-hybridized carbons (Fsp3) is 0.400. The van der Waals surface area contributed by atoms with Crippen molar-refractivity contribution < 1.29 is 19.1 Å². The minimum absolute atomic E-state index is 0.0293. The number of hydrogen-bond donors (Lipinski definition) is 0. The van der Waals surface area contributed by atoms with E-state index in [1.165, 1.54) is 6.42 Å². The highest BCUT2D eigenvalue weighted by atomic mass is 35.5. The molecule has 1 aliphatic carbocycles. The first-order valence-corrected chi connectivity index (χ1v) is 13.8. The average Bonchev–Trinajstić information content (AvgIpc) is 3.60. The zero-order valence-electron chi connectivity index (χ0n) is 21.8. The number of likely N-dealkylation sites (N-methyl/N-ethyl adjacent to an activating group) is 1. The van der Waals surface area contributed by atoms with Gasteiger partial charge in [0.25, 0.3) is 5.91 Å². The Kier molecular flexibility index (Phi) is 8.23. The summed E-state index contributed by atoms with van der Waals surface area (Å²) in [6, 6.07) is 17.2. The Bertz CT molecular complexity index is 1280. The molecule has 38 heavy (non-hydrogen) atoms.